The Labute approximate surface area is 216 Å². The van der Waals surface area contributed by atoms with Gasteiger partial charge in [0, 0.05) is 49.1 Å². The predicted octanol–water partition coefficient (Wildman–Crippen LogP) is 6.68. The Morgan fingerprint density at radius 1 is 0.861 bits per heavy atom. The van der Waals surface area contributed by atoms with E-state index in [1.807, 2.05) is 40.6 Å². The second-order valence-corrected chi connectivity index (χ2v) is 10.0. The lowest BCUT2D eigenvalue weighted by molar-refractivity contribution is 0.131. The van der Waals surface area contributed by atoms with Crippen molar-refractivity contribution >= 4 is 33.7 Å². The van der Waals surface area contributed by atoms with Gasteiger partial charge in [0.05, 0.1) is 11.7 Å². The molecular weight excluding hydrogens is 498 g/mol. The molecule has 0 aliphatic carbocycles. The van der Waals surface area contributed by atoms with Gasteiger partial charge in [0.25, 0.3) is 0 Å². The maximum atomic E-state index is 13.6. The number of halogens is 2. The molecule has 3 aromatic carbocycles. The third kappa shape index (κ3) is 5.75. The third-order valence-corrected chi connectivity index (χ3v) is 7.72. The number of rotatable bonds is 6. The number of nitrogens with zero attached hydrogens (tertiary/aromatic N) is 3. The van der Waals surface area contributed by atoms with Gasteiger partial charge in [-0.05, 0) is 35.4 Å². The maximum absolute atomic E-state index is 13.6. The fraction of sp³-hybridized carbons (Fsp3) is 0.185. The number of anilines is 1. The highest BCUT2D eigenvalue weighted by molar-refractivity contribution is 8.14. The zero-order chi connectivity index (χ0) is 24.9. The molecule has 0 bridgehead atoms. The lowest BCUT2D eigenvalue weighted by atomic mass is 9.96. The smallest absolute Gasteiger partial charge is 0.302 e. The zero-order valence-electron chi connectivity index (χ0n) is 19.3. The number of thiazole rings is 1. The Balaban J connectivity index is 1.20. The Hall–Kier alpha value is -3.27. The second kappa shape index (κ2) is 11.2. The van der Waals surface area contributed by atoms with Crippen LogP contribution in [0.1, 0.15) is 17.2 Å². The summed E-state index contributed by atoms with van der Waals surface area (Å²) in [6, 6.07) is 22.6. The number of benzene rings is 3. The summed E-state index contributed by atoms with van der Waals surface area (Å²) in [4.78, 5) is 21.5. The first kappa shape index (κ1) is 24.4. The highest BCUT2D eigenvalue weighted by atomic mass is 32.2. The van der Waals surface area contributed by atoms with Gasteiger partial charge >= 0.3 is 5.24 Å². The molecule has 5 nitrogen and oxygen atoms in total. The molecule has 5 rings (SSSR count). The molecule has 184 valence electrons. The van der Waals surface area contributed by atoms with E-state index >= 15 is 0 Å². The van der Waals surface area contributed by atoms with Crippen LogP contribution in [0.4, 0.5) is 18.7 Å². The van der Waals surface area contributed by atoms with Crippen LogP contribution in [0.2, 0.25) is 0 Å². The van der Waals surface area contributed by atoms with E-state index in [-0.39, 0.29) is 22.9 Å². The van der Waals surface area contributed by atoms with Crippen LogP contribution in [-0.4, -0.2) is 46.2 Å². The molecule has 1 saturated heterocycles. The monoisotopic (exact) mass is 522 g/mol. The number of hydrogen-bond donors (Lipinski definition) is 1. The molecule has 36 heavy (non-hydrogen) atoms. The standard InChI is InChI=1S/C27H24F2N4OS2/c28-22-10-6-20(7-11-22)25(21-8-12-23(29)13-9-21)32-14-16-33(17-15-32)27(34)36-31-26-30-24(18-35-26)19-4-2-1-3-5-19/h1-13,18,25H,14-17H2,(H,30,31). The van der Waals surface area contributed by atoms with Crippen LogP contribution in [0.15, 0.2) is 84.2 Å². The summed E-state index contributed by atoms with van der Waals surface area (Å²) in [6.45, 7) is 2.39. The number of piperazine rings is 1. The van der Waals surface area contributed by atoms with E-state index in [9.17, 15) is 13.6 Å². The van der Waals surface area contributed by atoms with Crippen LogP contribution in [0.5, 0.6) is 0 Å². The van der Waals surface area contributed by atoms with Gasteiger partial charge in [-0.3, -0.25) is 14.4 Å². The lowest BCUT2D eigenvalue weighted by Crippen LogP contribution is -2.49. The van der Waals surface area contributed by atoms with Gasteiger partial charge in [-0.25, -0.2) is 13.8 Å². The molecule has 0 spiro atoms. The van der Waals surface area contributed by atoms with Crippen molar-refractivity contribution in [3.8, 4) is 11.3 Å². The first-order chi connectivity index (χ1) is 17.6. The van der Waals surface area contributed by atoms with E-state index in [1.165, 1.54) is 35.6 Å². The van der Waals surface area contributed by atoms with Crippen molar-refractivity contribution in [2.75, 3.05) is 30.9 Å². The van der Waals surface area contributed by atoms with Crippen molar-refractivity contribution in [3.05, 3.63) is 107 Å². The molecule has 0 atom stereocenters. The summed E-state index contributed by atoms with van der Waals surface area (Å²) in [6.07, 6.45) is 0. The van der Waals surface area contributed by atoms with Gasteiger partial charge in [0.1, 0.15) is 11.6 Å². The minimum atomic E-state index is -0.298. The molecule has 0 saturated carbocycles. The average molecular weight is 523 g/mol. The highest BCUT2D eigenvalue weighted by Crippen LogP contribution is 2.31. The first-order valence-corrected chi connectivity index (χ1v) is 13.2. The third-order valence-electron chi connectivity index (χ3n) is 6.11. The van der Waals surface area contributed by atoms with Crippen molar-refractivity contribution in [2.24, 2.45) is 0 Å². The van der Waals surface area contributed by atoms with Gasteiger partial charge in [-0.2, -0.15) is 0 Å². The number of amides is 1. The molecule has 1 aliphatic heterocycles. The predicted molar refractivity (Wildman–Crippen MR) is 142 cm³/mol. The quantitative estimate of drug-likeness (QED) is 0.287. The van der Waals surface area contributed by atoms with E-state index in [0.717, 1.165) is 34.3 Å². The van der Waals surface area contributed by atoms with Crippen molar-refractivity contribution in [2.45, 2.75) is 6.04 Å². The van der Waals surface area contributed by atoms with Crippen LogP contribution >= 0.6 is 23.3 Å². The Kier molecular flexibility index (Phi) is 7.60. The first-order valence-electron chi connectivity index (χ1n) is 11.5. The van der Waals surface area contributed by atoms with E-state index < -0.39 is 0 Å². The van der Waals surface area contributed by atoms with Crippen molar-refractivity contribution in [1.29, 1.82) is 0 Å². The fourth-order valence-electron chi connectivity index (χ4n) is 4.28. The lowest BCUT2D eigenvalue weighted by Gasteiger charge is -2.39. The summed E-state index contributed by atoms with van der Waals surface area (Å²) in [7, 11) is 0. The topological polar surface area (TPSA) is 48.5 Å². The van der Waals surface area contributed by atoms with E-state index in [4.69, 9.17) is 0 Å². The van der Waals surface area contributed by atoms with Gasteiger partial charge < -0.3 is 4.90 Å². The Morgan fingerprint density at radius 3 is 2.03 bits per heavy atom. The van der Waals surface area contributed by atoms with Crippen LogP contribution in [0.3, 0.4) is 0 Å². The SMILES string of the molecule is O=C(SNc1nc(-c2ccccc2)cs1)N1CCN(C(c2ccc(F)cc2)c2ccc(F)cc2)CC1. The molecule has 1 N–H and O–H groups in total. The average Bonchev–Trinajstić information content (AvgIpc) is 3.40. The molecule has 4 aromatic rings. The van der Waals surface area contributed by atoms with Crippen molar-refractivity contribution in [1.82, 2.24) is 14.8 Å². The van der Waals surface area contributed by atoms with Gasteiger partial charge in [0.15, 0.2) is 5.13 Å². The summed E-state index contributed by atoms with van der Waals surface area (Å²) in [5, 5.41) is 2.58. The fourth-order valence-corrected chi connectivity index (χ4v) is 5.69. The normalized spacial score (nSPS) is 14.2. The zero-order valence-corrected chi connectivity index (χ0v) is 20.9. The van der Waals surface area contributed by atoms with E-state index in [1.54, 1.807) is 24.3 Å². The number of nitrogens with one attached hydrogen (secondary N) is 1. The summed E-state index contributed by atoms with van der Waals surface area (Å²) < 4.78 is 30.2. The molecule has 1 aromatic heterocycles. The van der Waals surface area contributed by atoms with Gasteiger partial charge in [-0.1, -0.05) is 54.6 Å². The Morgan fingerprint density at radius 2 is 1.44 bits per heavy atom. The highest BCUT2D eigenvalue weighted by Gasteiger charge is 2.28. The summed E-state index contributed by atoms with van der Waals surface area (Å²) in [5.41, 5.74) is 3.76. The van der Waals surface area contributed by atoms with Crippen LogP contribution < -0.4 is 4.72 Å². The number of aromatic nitrogens is 1. The van der Waals surface area contributed by atoms with Crippen LogP contribution in [-0.2, 0) is 0 Å². The Bertz CT molecular complexity index is 1250. The minimum Gasteiger partial charge on any atom is -0.330 e. The van der Waals surface area contributed by atoms with Crippen LogP contribution in [0.25, 0.3) is 11.3 Å². The maximum Gasteiger partial charge on any atom is 0.302 e. The number of carbonyl (C=O) groups is 1. The number of hydrogen-bond acceptors (Lipinski definition) is 6. The van der Waals surface area contributed by atoms with E-state index in [0.29, 0.717) is 31.3 Å². The van der Waals surface area contributed by atoms with E-state index in [2.05, 4.69) is 14.6 Å². The van der Waals surface area contributed by atoms with Crippen molar-refractivity contribution in [3.63, 3.8) is 0 Å². The largest absolute Gasteiger partial charge is 0.330 e. The second-order valence-electron chi connectivity index (χ2n) is 8.40. The van der Waals surface area contributed by atoms with Crippen molar-refractivity contribution < 1.29 is 13.6 Å². The summed E-state index contributed by atoms with van der Waals surface area (Å²) >= 11 is 2.49. The minimum absolute atomic E-state index is 0.0637. The molecule has 1 aliphatic rings. The van der Waals surface area contributed by atoms with Crippen LogP contribution in [0, 0.1) is 11.6 Å². The van der Waals surface area contributed by atoms with Gasteiger partial charge in [0.2, 0.25) is 0 Å². The summed E-state index contributed by atoms with van der Waals surface area (Å²) in [5.74, 6) is -0.597. The molecule has 0 unspecified atom stereocenters. The molecular formula is C27H24F2N4OS2. The molecule has 1 fully saturated rings. The molecule has 1 amide bonds. The molecule has 9 heteroatoms. The van der Waals surface area contributed by atoms with Gasteiger partial charge in [-0.15, -0.1) is 11.3 Å². The molecule has 0 radical (unpaired) electrons. The number of carbonyl (C=O) groups excluding carboxylic acids is 1. The molecule has 2 heterocycles.